The molecule has 0 unspecified atom stereocenters. The number of anilines is 2. The summed E-state index contributed by atoms with van der Waals surface area (Å²) in [6.45, 7) is 2.90. The van der Waals surface area contributed by atoms with Crippen molar-refractivity contribution in [3.8, 4) is 0 Å². The molecule has 3 aromatic rings. The second-order valence-electron chi connectivity index (χ2n) is 4.95. The highest BCUT2D eigenvalue weighted by Gasteiger charge is 2.10. The van der Waals surface area contributed by atoms with Crippen molar-refractivity contribution in [3.63, 3.8) is 0 Å². The van der Waals surface area contributed by atoms with Crippen LogP contribution in [0.5, 0.6) is 0 Å². The minimum absolute atomic E-state index is 0.104. The van der Waals surface area contributed by atoms with Gasteiger partial charge in [0.25, 0.3) is 5.91 Å². The summed E-state index contributed by atoms with van der Waals surface area (Å²) in [5.41, 5.74) is 3.50. The van der Waals surface area contributed by atoms with Gasteiger partial charge in [-0.05, 0) is 37.3 Å². The smallest absolute Gasteiger partial charge is 0.251 e. The number of rotatable bonds is 4. The molecule has 0 spiro atoms. The molecule has 0 saturated heterocycles. The molecular weight excluding hydrogens is 276 g/mol. The molecule has 0 bridgehead atoms. The first-order chi connectivity index (χ1) is 10.7. The van der Waals surface area contributed by atoms with Gasteiger partial charge in [-0.3, -0.25) is 4.79 Å². The van der Waals surface area contributed by atoms with Gasteiger partial charge in [-0.15, -0.1) is 0 Å². The van der Waals surface area contributed by atoms with Gasteiger partial charge in [0.05, 0.1) is 11.0 Å². The number of aryl methyl sites for hydroxylation is 1. The quantitative estimate of drug-likeness (QED) is 0.777. The van der Waals surface area contributed by atoms with E-state index in [0.717, 1.165) is 29.2 Å². The fraction of sp³-hybridized carbons (Fsp3) is 0.176. The molecule has 22 heavy (non-hydrogen) atoms. The minimum atomic E-state index is -0.104. The normalized spacial score (nSPS) is 10.6. The Labute approximate surface area is 129 Å². The number of nitrogens with one attached hydrogen (secondary N) is 2. The van der Waals surface area contributed by atoms with Gasteiger partial charge in [0.15, 0.2) is 0 Å². The van der Waals surface area contributed by atoms with Crippen molar-refractivity contribution in [3.05, 3.63) is 54.1 Å². The average Bonchev–Trinajstić information content (AvgIpc) is 2.91. The maximum absolute atomic E-state index is 11.7. The van der Waals surface area contributed by atoms with E-state index in [1.807, 2.05) is 36.4 Å². The molecule has 5 nitrogen and oxygen atoms in total. The second-order valence-corrected chi connectivity index (χ2v) is 4.95. The third-order valence-electron chi connectivity index (χ3n) is 3.58. The van der Waals surface area contributed by atoms with Crippen LogP contribution in [0, 0.1) is 0 Å². The number of para-hydroxylation sites is 2. The van der Waals surface area contributed by atoms with Crippen molar-refractivity contribution in [1.82, 2.24) is 14.9 Å². The van der Waals surface area contributed by atoms with Crippen LogP contribution in [0.2, 0.25) is 0 Å². The summed E-state index contributed by atoms with van der Waals surface area (Å²) in [6.07, 6.45) is 0. The molecule has 0 aliphatic heterocycles. The lowest BCUT2D eigenvalue weighted by atomic mass is 10.2. The number of amides is 1. The summed E-state index contributed by atoms with van der Waals surface area (Å²) in [5.74, 6) is 0.672. The van der Waals surface area contributed by atoms with E-state index < -0.39 is 0 Å². The van der Waals surface area contributed by atoms with E-state index in [0.29, 0.717) is 5.56 Å². The standard InChI is InChI=1S/C17H18N4O/c1-3-21-15-10-5-4-9-14(15)20-17(21)19-13-8-6-7-12(11-13)16(22)18-2/h4-11H,3H2,1-2H3,(H,18,22)(H,19,20). The number of fused-ring (bicyclic) bond motifs is 1. The van der Waals surface area contributed by atoms with Gasteiger partial charge < -0.3 is 15.2 Å². The highest BCUT2D eigenvalue weighted by Crippen LogP contribution is 2.23. The summed E-state index contributed by atoms with van der Waals surface area (Å²) in [4.78, 5) is 16.3. The zero-order valence-electron chi connectivity index (χ0n) is 12.6. The Kier molecular flexibility index (Phi) is 3.78. The molecule has 1 aromatic heterocycles. The summed E-state index contributed by atoms with van der Waals surface area (Å²) < 4.78 is 2.11. The van der Waals surface area contributed by atoms with Crippen LogP contribution < -0.4 is 10.6 Å². The number of benzene rings is 2. The van der Waals surface area contributed by atoms with Crippen LogP contribution in [0.25, 0.3) is 11.0 Å². The SMILES string of the molecule is CCn1c(Nc2cccc(C(=O)NC)c2)nc2ccccc21. The Hall–Kier alpha value is -2.82. The second kappa shape index (κ2) is 5.89. The first-order valence-corrected chi connectivity index (χ1v) is 7.27. The Morgan fingerprint density at radius 3 is 2.77 bits per heavy atom. The van der Waals surface area contributed by atoms with Crippen LogP contribution >= 0.6 is 0 Å². The summed E-state index contributed by atoms with van der Waals surface area (Å²) >= 11 is 0. The minimum Gasteiger partial charge on any atom is -0.355 e. The van der Waals surface area contributed by atoms with E-state index in [1.165, 1.54) is 0 Å². The molecule has 0 saturated carbocycles. The van der Waals surface area contributed by atoms with Gasteiger partial charge in [0, 0.05) is 24.8 Å². The molecule has 2 N–H and O–H groups in total. The van der Waals surface area contributed by atoms with Gasteiger partial charge in [-0.25, -0.2) is 4.98 Å². The third kappa shape index (κ3) is 2.53. The van der Waals surface area contributed by atoms with Crippen LogP contribution in [0.1, 0.15) is 17.3 Å². The number of nitrogens with zero attached hydrogens (tertiary/aromatic N) is 2. The first kappa shape index (κ1) is 14.1. The fourth-order valence-corrected chi connectivity index (χ4v) is 2.50. The largest absolute Gasteiger partial charge is 0.355 e. The van der Waals surface area contributed by atoms with E-state index in [2.05, 4.69) is 33.2 Å². The van der Waals surface area contributed by atoms with Crippen LogP contribution in [0.4, 0.5) is 11.6 Å². The highest BCUT2D eigenvalue weighted by molar-refractivity contribution is 5.95. The van der Waals surface area contributed by atoms with Gasteiger partial charge in [-0.1, -0.05) is 18.2 Å². The Bertz CT molecular complexity index is 822. The molecule has 0 radical (unpaired) electrons. The van der Waals surface area contributed by atoms with Crippen molar-refractivity contribution < 1.29 is 4.79 Å². The number of imidazole rings is 1. The molecule has 3 rings (SSSR count). The zero-order chi connectivity index (χ0) is 15.5. The summed E-state index contributed by atoms with van der Waals surface area (Å²) in [6, 6.07) is 15.4. The number of carbonyl (C=O) groups is 1. The first-order valence-electron chi connectivity index (χ1n) is 7.27. The van der Waals surface area contributed by atoms with Gasteiger partial charge >= 0.3 is 0 Å². The topological polar surface area (TPSA) is 59.0 Å². The van der Waals surface area contributed by atoms with Gasteiger partial charge in [0.2, 0.25) is 5.95 Å². The lowest BCUT2D eigenvalue weighted by Crippen LogP contribution is -2.17. The summed E-state index contributed by atoms with van der Waals surface area (Å²) in [7, 11) is 1.62. The number of hydrogen-bond acceptors (Lipinski definition) is 3. The molecule has 112 valence electrons. The van der Waals surface area contributed by atoms with Crippen molar-refractivity contribution in [2.24, 2.45) is 0 Å². The lowest BCUT2D eigenvalue weighted by Gasteiger charge is -2.09. The molecular formula is C17H18N4O. The Morgan fingerprint density at radius 2 is 2.00 bits per heavy atom. The molecule has 0 fully saturated rings. The average molecular weight is 294 g/mol. The number of aromatic nitrogens is 2. The Balaban J connectivity index is 1.98. The van der Waals surface area contributed by atoms with E-state index in [9.17, 15) is 4.79 Å². The molecule has 0 atom stereocenters. The van der Waals surface area contributed by atoms with Gasteiger partial charge in [0.1, 0.15) is 0 Å². The number of hydrogen-bond donors (Lipinski definition) is 2. The summed E-state index contributed by atoms with van der Waals surface area (Å²) in [5, 5.41) is 5.93. The van der Waals surface area contributed by atoms with Crippen LogP contribution in [-0.4, -0.2) is 22.5 Å². The molecule has 1 amide bonds. The predicted octanol–water partition coefficient (Wildman–Crippen LogP) is 3.16. The Morgan fingerprint density at radius 1 is 1.18 bits per heavy atom. The molecule has 5 heteroatoms. The fourth-order valence-electron chi connectivity index (χ4n) is 2.50. The lowest BCUT2D eigenvalue weighted by molar-refractivity contribution is 0.0963. The van der Waals surface area contributed by atoms with Crippen molar-refractivity contribution >= 4 is 28.6 Å². The highest BCUT2D eigenvalue weighted by atomic mass is 16.1. The van der Waals surface area contributed by atoms with Crippen LogP contribution in [0.3, 0.4) is 0 Å². The predicted molar refractivity (Wildman–Crippen MR) is 88.5 cm³/mol. The third-order valence-corrected chi connectivity index (χ3v) is 3.58. The van der Waals surface area contributed by atoms with E-state index >= 15 is 0 Å². The van der Waals surface area contributed by atoms with Crippen molar-refractivity contribution in [2.45, 2.75) is 13.5 Å². The zero-order valence-corrected chi connectivity index (χ0v) is 12.6. The molecule has 0 aliphatic carbocycles. The molecule has 1 heterocycles. The maximum Gasteiger partial charge on any atom is 0.251 e. The maximum atomic E-state index is 11.7. The van der Waals surface area contributed by atoms with E-state index in [1.54, 1.807) is 13.1 Å². The van der Waals surface area contributed by atoms with Crippen molar-refractivity contribution in [1.29, 1.82) is 0 Å². The van der Waals surface area contributed by atoms with E-state index in [4.69, 9.17) is 0 Å². The van der Waals surface area contributed by atoms with E-state index in [-0.39, 0.29) is 5.91 Å². The molecule has 0 aliphatic rings. The molecule has 2 aromatic carbocycles. The monoisotopic (exact) mass is 294 g/mol. The van der Waals surface area contributed by atoms with Crippen LogP contribution in [0.15, 0.2) is 48.5 Å². The van der Waals surface area contributed by atoms with Crippen molar-refractivity contribution in [2.75, 3.05) is 12.4 Å². The van der Waals surface area contributed by atoms with Gasteiger partial charge in [-0.2, -0.15) is 0 Å². The number of carbonyl (C=O) groups excluding carboxylic acids is 1. The van der Waals surface area contributed by atoms with Crippen LogP contribution in [-0.2, 0) is 6.54 Å².